The monoisotopic (exact) mass is 157 g/mol. The van der Waals surface area contributed by atoms with Crippen molar-refractivity contribution in [2.75, 3.05) is 6.54 Å². The lowest BCUT2D eigenvalue weighted by Gasteiger charge is -2.16. The van der Waals surface area contributed by atoms with Crippen LogP contribution in [-0.4, -0.2) is 12.6 Å². The highest BCUT2D eigenvalue weighted by atomic mass is 14.9. The Morgan fingerprint density at radius 1 is 1.45 bits per heavy atom. The fourth-order valence-corrected chi connectivity index (χ4v) is 1.48. The molecule has 1 aliphatic rings. The van der Waals surface area contributed by atoms with Gasteiger partial charge in [-0.2, -0.15) is 0 Å². The lowest BCUT2D eigenvalue weighted by molar-refractivity contribution is 0.409. The number of hydrogen-bond donors (Lipinski definition) is 1. The van der Waals surface area contributed by atoms with Crippen molar-refractivity contribution in [3.8, 4) is 0 Å². The van der Waals surface area contributed by atoms with Crippen LogP contribution in [-0.2, 0) is 0 Å². The van der Waals surface area contributed by atoms with Gasteiger partial charge >= 0.3 is 0 Å². The Hall–Kier alpha value is -0.0400. The molecule has 1 fully saturated rings. The summed E-state index contributed by atoms with van der Waals surface area (Å²) in [5.74, 6) is 0.882. The molecule has 0 aromatic heterocycles. The second kappa shape index (κ2) is 6.66. The molecule has 11 heavy (non-hydrogen) atoms. The molecule has 1 aliphatic heterocycles. The third kappa shape index (κ3) is 3.76. The van der Waals surface area contributed by atoms with Gasteiger partial charge in [-0.15, -0.1) is 0 Å². The van der Waals surface area contributed by atoms with Crippen molar-refractivity contribution < 1.29 is 0 Å². The summed E-state index contributed by atoms with van der Waals surface area (Å²) in [6.45, 7) is 9.85. The summed E-state index contributed by atoms with van der Waals surface area (Å²) in [5, 5.41) is 3.51. The van der Waals surface area contributed by atoms with E-state index in [4.69, 9.17) is 0 Å². The highest BCUT2D eigenvalue weighted by Gasteiger charge is 2.18. The van der Waals surface area contributed by atoms with Gasteiger partial charge in [0.1, 0.15) is 0 Å². The summed E-state index contributed by atoms with van der Waals surface area (Å²) >= 11 is 0. The van der Waals surface area contributed by atoms with Crippen molar-refractivity contribution in [1.29, 1.82) is 0 Å². The molecule has 0 aliphatic carbocycles. The van der Waals surface area contributed by atoms with Crippen LogP contribution in [0.1, 0.15) is 47.0 Å². The summed E-state index contributed by atoms with van der Waals surface area (Å²) in [6.07, 6.45) is 4.10. The third-order valence-electron chi connectivity index (χ3n) is 2.43. The highest BCUT2D eigenvalue weighted by Crippen LogP contribution is 2.16. The van der Waals surface area contributed by atoms with Gasteiger partial charge in [0.15, 0.2) is 0 Å². The smallest absolute Gasteiger partial charge is 0.00930 e. The SMILES string of the molecule is CC.CCC(C)C1CCCN1. The van der Waals surface area contributed by atoms with E-state index < -0.39 is 0 Å². The summed E-state index contributed by atoms with van der Waals surface area (Å²) in [7, 11) is 0. The Labute approximate surface area is 71.6 Å². The molecule has 1 saturated heterocycles. The van der Waals surface area contributed by atoms with Gasteiger partial charge in [0.2, 0.25) is 0 Å². The van der Waals surface area contributed by atoms with E-state index >= 15 is 0 Å². The molecule has 0 amide bonds. The summed E-state index contributed by atoms with van der Waals surface area (Å²) in [5.41, 5.74) is 0. The van der Waals surface area contributed by atoms with Gasteiger partial charge in [0.05, 0.1) is 0 Å². The molecule has 1 nitrogen and oxygen atoms in total. The first kappa shape index (κ1) is 11.0. The zero-order valence-corrected chi connectivity index (χ0v) is 8.48. The van der Waals surface area contributed by atoms with E-state index in [0.29, 0.717) is 0 Å². The molecular weight excluding hydrogens is 134 g/mol. The lowest BCUT2D eigenvalue weighted by atomic mass is 9.98. The van der Waals surface area contributed by atoms with Crippen LogP contribution in [0.4, 0.5) is 0 Å². The van der Waals surface area contributed by atoms with Crippen LogP contribution in [0.3, 0.4) is 0 Å². The maximum absolute atomic E-state index is 3.51. The average Bonchev–Trinajstić information content (AvgIpc) is 2.59. The van der Waals surface area contributed by atoms with Gasteiger partial charge in [-0.3, -0.25) is 0 Å². The van der Waals surface area contributed by atoms with Crippen LogP contribution >= 0.6 is 0 Å². The number of rotatable bonds is 2. The van der Waals surface area contributed by atoms with Gasteiger partial charge in [0, 0.05) is 6.04 Å². The Morgan fingerprint density at radius 3 is 2.45 bits per heavy atom. The van der Waals surface area contributed by atoms with Crippen LogP contribution in [0.2, 0.25) is 0 Å². The molecule has 0 aromatic carbocycles. The fraction of sp³-hybridized carbons (Fsp3) is 1.00. The van der Waals surface area contributed by atoms with Crippen LogP contribution in [0.15, 0.2) is 0 Å². The van der Waals surface area contributed by atoms with Gasteiger partial charge in [-0.05, 0) is 25.3 Å². The molecule has 0 aromatic rings. The first-order valence-electron chi connectivity index (χ1n) is 5.08. The van der Waals surface area contributed by atoms with Gasteiger partial charge < -0.3 is 5.32 Å². The third-order valence-corrected chi connectivity index (χ3v) is 2.43. The quantitative estimate of drug-likeness (QED) is 0.650. The Bertz CT molecular complexity index is 74.9. The standard InChI is InChI=1S/C8H17N.C2H6/c1-3-7(2)8-5-4-6-9-8;1-2/h7-9H,3-6H2,1-2H3;1-2H3. The Kier molecular flexibility index (Phi) is 6.63. The van der Waals surface area contributed by atoms with Crippen LogP contribution in [0.25, 0.3) is 0 Å². The molecule has 0 saturated carbocycles. The second-order valence-electron chi connectivity index (χ2n) is 3.09. The minimum Gasteiger partial charge on any atom is -0.314 e. The molecule has 2 atom stereocenters. The molecule has 1 heterocycles. The predicted molar refractivity (Wildman–Crippen MR) is 51.8 cm³/mol. The first-order chi connectivity index (χ1) is 5.34. The van der Waals surface area contributed by atoms with Crippen molar-refractivity contribution in [1.82, 2.24) is 5.32 Å². The molecular formula is C10H23N. The zero-order chi connectivity index (χ0) is 8.69. The van der Waals surface area contributed by atoms with Gasteiger partial charge in [0.25, 0.3) is 0 Å². The summed E-state index contributed by atoms with van der Waals surface area (Å²) < 4.78 is 0. The summed E-state index contributed by atoms with van der Waals surface area (Å²) in [6, 6.07) is 0.829. The van der Waals surface area contributed by atoms with E-state index in [1.165, 1.54) is 25.8 Å². The van der Waals surface area contributed by atoms with Crippen molar-refractivity contribution in [3.63, 3.8) is 0 Å². The van der Waals surface area contributed by atoms with E-state index in [9.17, 15) is 0 Å². The van der Waals surface area contributed by atoms with E-state index in [-0.39, 0.29) is 0 Å². The van der Waals surface area contributed by atoms with E-state index in [0.717, 1.165) is 12.0 Å². The topological polar surface area (TPSA) is 12.0 Å². The lowest BCUT2D eigenvalue weighted by Crippen LogP contribution is -2.27. The normalized spacial score (nSPS) is 25.6. The maximum atomic E-state index is 3.51. The van der Waals surface area contributed by atoms with Crippen molar-refractivity contribution in [2.45, 2.75) is 53.0 Å². The molecule has 2 unspecified atom stereocenters. The molecule has 0 bridgehead atoms. The van der Waals surface area contributed by atoms with E-state index in [2.05, 4.69) is 19.2 Å². The maximum Gasteiger partial charge on any atom is 0.00930 e. The second-order valence-corrected chi connectivity index (χ2v) is 3.09. The largest absolute Gasteiger partial charge is 0.314 e. The fourth-order valence-electron chi connectivity index (χ4n) is 1.48. The zero-order valence-electron chi connectivity index (χ0n) is 8.48. The summed E-state index contributed by atoms with van der Waals surface area (Å²) in [4.78, 5) is 0. The minimum absolute atomic E-state index is 0.829. The minimum atomic E-state index is 0.829. The molecule has 1 rings (SSSR count). The molecule has 68 valence electrons. The average molecular weight is 157 g/mol. The number of nitrogens with one attached hydrogen (secondary N) is 1. The van der Waals surface area contributed by atoms with E-state index in [1.807, 2.05) is 13.8 Å². The predicted octanol–water partition coefficient (Wildman–Crippen LogP) is 2.81. The van der Waals surface area contributed by atoms with Crippen molar-refractivity contribution >= 4 is 0 Å². The van der Waals surface area contributed by atoms with Crippen LogP contribution in [0, 0.1) is 5.92 Å². The molecule has 0 radical (unpaired) electrons. The van der Waals surface area contributed by atoms with E-state index in [1.54, 1.807) is 0 Å². The molecule has 1 N–H and O–H groups in total. The van der Waals surface area contributed by atoms with Crippen molar-refractivity contribution in [2.24, 2.45) is 5.92 Å². The van der Waals surface area contributed by atoms with Gasteiger partial charge in [-0.25, -0.2) is 0 Å². The number of hydrogen-bond acceptors (Lipinski definition) is 1. The van der Waals surface area contributed by atoms with Crippen LogP contribution in [0.5, 0.6) is 0 Å². The Balaban J connectivity index is 0.000000461. The highest BCUT2D eigenvalue weighted by molar-refractivity contribution is 4.77. The molecule has 1 heteroatoms. The van der Waals surface area contributed by atoms with Gasteiger partial charge in [-0.1, -0.05) is 34.1 Å². The molecule has 0 spiro atoms. The Morgan fingerprint density at radius 2 is 2.09 bits per heavy atom. The van der Waals surface area contributed by atoms with Crippen LogP contribution < -0.4 is 5.32 Å². The first-order valence-corrected chi connectivity index (χ1v) is 5.08. The van der Waals surface area contributed by atoms with Crippen molar-refractivity contribution in [3.05, 3.63) is 0 Å².